The van der Waals surface area contributed by atoms with E-state index in [1.165, 1.54) is 0 Å². The summed E-state index contributed by atoms with van der Waals surface area (Å²) in [6.07, 6.45) is -19.7. The molecule has 0 aromatic carbocycles. The van der Waals surface area contributed by atoms with Crippen LogP contribution in [0.3, 0.4) is 0 Å². The minimum absolute atomic E-state index is 0.0972. The van der Waals surface area contributed by atoms with E-state index in [0.29, 0.717) is 12.8 Å². The van der Waals surface area contributed by atoms with E-state index < -0.39 is 118 Å². The Morgan fingerprint density at radius 3 is 1.60 bits per heavy atom. The molecule has 3 fully saturated rings. The third-order valence-corrected chi connectivity index (χ3v) is 8.12. The van der Waals surface area contributed by atoms with Gasteiger partial charge in [0.1, 0.15) is 73.2 Å². The Labute approximate surface area is 259 Å². The number of carbonyl (C=O) groups is 1. The summed E-state index contributed by atoms with van der Waals surface area (Å²) in [4.78, 5) is 10.6. The zero-order valence-electron chi connectivity index (χ0n) is 24.7. The van der Waals surface area contributed by atoms with Crippen LogP contribution < -0.4 is 0 Å². The maximum absolute atomic E-state index is 11.1. The Morgan fingerprint density at radius 1 is 0.533 bits per heavy atom. The van der Waals surface area contributed by atoms with Gasteiger partial charge in [0.25, 0.3) is 0 Å². The highest BCUT2D eigenvalue weighted by molar-refractivity contribution is 5.66. The molecule has 0 aromatic rings. The van der Waals surface area contributed by atoms with Crippen LogP contribution >= 0.6 is 0 Å². The first kappa shape index (κ1) is 38.3. The van der Waals surface area contributed by atoms with Crippen molar-refractivity contribution in [3.63, 3.8) is 0 Å². The number of aliphatic hydroxyl groups excluding tert-OH is 10. The predicted octanol–water partition coefficient (Wildman–Crippen LogP) is -4.73. The number of hydrogen-bond donors (Lipinski definition) is 11. The molecule has 18 nitrogen and oxygen atoms in total. The number of aliphatic hydroxyl groups is 10. The highest BCUT2D eigenvalue weighted by Crippen LogP contribution is 2.31. The van der Waals surface area contributed by atoms with Crippen LogP contribution in [0.5, 0.6) is 0 Å². The molecule has 0 spiro atoms. The highest BCUT2D eigenvalue weighted by Gasteiger charge is 2.52. The summed E-state index contributed by atoms with van der Waals surface area (Å²) in [6, 6.07) is 0. The van der Waals surface area contributed by atoms with Crippen molar-refractivity contribution in [1.82, 2.24) is 0 Å². The van der Waals surface area contributed by atoms with Gasteiger partial charge in [-0.3, -0.25) is 4.79 Å². The lowest BCUT2D eigenvalue weighted by Gasteiger charge is -2.46. The summed E-state index contributed by atoms with van der Waals surface area (Å²) >= 11 is 0. The summed E-state index contributed by atoms with van der Waals surface area (Å²) in [7, 11) is 0. The van der Waals surface area contributed by atoms with Crippen LogP contribution in [0.1, 0.15) is 44.9 Å². The Hall–Kier alpha value is -1.17. The van der Waals surface area contributed by atoms with Gasteiger partial charge < -0.3 is 84.6 Å². The van der Waals surface area contributed by atoms with Crippen LogP contribution in [0.25, 0.3) is 0 Å². The van der Waals surface area contributed by atoms with Gasteiger partial charge >= 0.3 is 5.97 Å². The van der Waals surface area contributed by atoms with Crippen molar-refractivity contribution in [2.45, 2.75) is 137 Å². The third-order valence-electron chi connectivity index (χ3n) is 8.12. The number of hydrogen-bond acceptors (Lipinski definition) is 17. The molecular weight excluding hydrogens is 612 g/mol. The summed E-state index contributed by atoms with van der Waals surface area (Å²) in [5.41, 5.74) is 0. The van der Waals surface area contributed by atoms with Crippen molar-refractivity contribution in [2.24, 2.45) is 0 Å². The van der Waals surface area contributed by atoms with Crippen molar-refractivity contribution >= 4 is 5.97 Å². The van der Waals surface area contributed by atoms with Crippen LogP contribution in [0.2, 0.25) is 0 Å². The van der Waals surface area contributed by atoms with Crippen LogP contribution in [0.15, 0.2) is 0 Å². The molecule has 0 aromatic heterocycles. The molecule has 45 heavy (non-hydrogen) atoms. The second-order valence-electron chi connectivity index (χ2n) is 11.5. The van der Waals surface area contributed by atoms with Crippen LogP contribution in [-0.4, -0.2) is 181 Å². The number of rotatable bonds is 17. The normalized spacial score (nSPS) is 42.5. The van der Waals surface area contributed by atoms with Gasteiger partial charge in [-0.15, -0.1) is 0 Å². The van der Waals surface area contributed by atoms with E-state index in [4.69, 9.17) is 33.5 Å². The quantitative estimate of drug-likeness (QED) is 0.0653. The van der Waals surface area contributed by atoms with Crippen molar-refractivity contribution < 1.29 is 89.4 Å². The Kier molecular flexibility index (Phi) is 15.6. The van der Waals surface area contributed by atoms with Crippen molar-refractivity contribution in [3.8, 4) is 0 Å². The number of unbranched alkanes of at least 4 members (excludes halogenated alkanes) is 5. The number of aliphatic carboxylic acids is 1. The minimum atomic E-state index is -1.84. The molecular formula is C27H48O18. The molecule has 0 saturated carbocycles. The number of carboxylic acid groups (broad SMARTS) is 1. The van der Waals surface area contributed by atoms with Crippen molar-refractivity contribution in [2.75, 3.05) is 26.4 Å². The fourth-order valence-corrected chi connectivity index (χ4v) is 5.35. The van der Waals surface area contributed by atoms with Crippen LogP contribution in [0.4, 0.5) is 0 Å². The Morgan fingerprint density at radius 2 is 1.02 bits per heavy atom. The smallest absolute Gasteiger partial charge is 0.303 e. The maximum atomic E-state index is 11.1. The summed E-state index contributed by atoms with van der Waals surface area (Å²) in [5, 5.41) is 111. The zero-order valence-corrected chi connectivity index (χ0v) is 24.7. The van der Waals surface area contributed by atoms with Gasteiger partial charge in [-0.25, -0.2) is 0 Å². The lowest BCUT2D eigenvalue weighted by atomic mass is 9.96. The predicted molar refractivity (Wildman–Crippen MR) is 145 cm³/mol. The van der Waals surface area contributed by atoms with Gasteiger partial charge in [-0.1, -0.05) is 25.7 Å². The first-order valence-electron chi connectivity index (χ1n) is 15.1. The molecule has 18 heteroatoms. The molecule has 15 atom stereocenters. The van der Waals surface area contributed by atoms with E-state index in [0.717, 1.165) is 25.7 Å². The number of ether oxygens (including phenoxy) is 6. The maximum Gasteiger partial charge on any atom is 0.303 e. The largest absolute Gasteiger partial charge is 0.481 e. The van der Waals surface area contributed by atoms with E-state index in [1.54, 1.807) is 0 Å². The summed E-state index contributed by atoms with van der Waals surface area (Å²) in [6.45, 7) is -1.90. The second kappa shape index (κ2) is 18.4. The van der Waals surface area contributed by atoms with Gasteiger partial charge in [-0.2, -0.15) is 0 Å². The van der Waals surface area contributed by atoms with Gasteiger partial charge in [0.2, 0.25) is 0 Å². The molecule has 3 saturated heterocycles. The topological polar surface area (TPSA) is 295 Å². The first-order valence-corrected chi connectivity index (χ1v) is 15.1. The average molecular weight is 661 g/mol. The molecule has 0 radical (unpaired) electrons. The van der Waals surface area contributed by atoms with Gasteiger partial charge in [0, 0.05) is 13.0 Å². The second-order valence-corrected chi connectivity index (χ2v) is 11.5. The fraction of sp³-hybridized carbons (Fsp3) is 0.963. The molecule has 264 valence electrons. The van der Waals surface area contributed by atoms with Gasteiger partial charge in [0.05, 0.1) is 19.8 Å². The fourth-order valence-electron chi connectivity index (χ4n) is 5.35. The zero-order chi connectivity index (χ0) is 33.3. The monoisotopic (exact) mass is 660 g/mol. The van der Waals surface area contributed by atoms with Crippen molar-refractivity contribution in [1.29, 1.82) is 0 Å². The molecule has 0 amide bonds. The summed E-state index contributed by atoms with van der Waals surface area (Å²) < 4.78 is 33.3. The van der Waals surface area contributed by atoms with E-state index in [9.17, 15) is 55.9 Å². The molecule has 3 heterocycles. The molecule has 0 aliphatic carbocycles. The van der Waals surface area contributed by atoms with Crippen LogP contribution in [0, 0.1) is 0 Å². The van der Waals surface area contributed by atoms with E-state index in [1.807, 2.05) is 0 Å². The van der Waals surface area contributed by atoms with Gasteiger partial charge in [0.15, 0.2) is 18.9 Å². The molecule has 3 aliphatic heterocycles. The van der Waals surface area contributed by atoms with E-state index in [2.05, 4.69) is 0 Å². The molecule has 3 rings (SSSR count). The average Bonchev–Trinajstić information content (AvgIpc) is 3.02. The SMILES string of the molecule is O=C(O)CCCCCCCCOC1OC(COC2OC(CO)C(O)C(O)C2O)C(O)C(OC2OC(CO)C(O)C(O)C2O)C1O. The highest BCUT2D eigenvalue weighted by atomic mass is 16.7. The molecule has 0 bridgehead atoms. The van der Waals surface area contributed by atoms with Gasteiger partial charge in [-0.05, 0) is 12.8 Å². The minimum Gasteiger partial charge on any atom is -0.481 e. The molecule has 3 aliphatic rings. The van der Waals surface area contributed by atoms with Crippen LogP contribution in [-0.2, 0) is 33.2 Å². The molecule has 11 N–H and O–H groups in total. The lowest BCUT2D eigenvalue weighted by Crippen LogP contribution is -2.65. The lowest BCUT2D eigenvalue weighted by molar-refractivity contribution is -0.366. The third kappa shape index (κ3) is 10.2. The summed E-state index contributed by atoms with van der Waals surface area (Å²) in [5.74, 6) is -0.842. The standard InChI is InChI=1S/C27H48O18/c28-9-12-16(32)19(35)21(37)25(42-12)41-11-14-18(34)24(45-27-22(38)20(36)17(33)13(10-29)43-27)23(39)26(44-14)40-8-6-4-2-1-3-5-7-15(30)31/h12-14,16-29,32-39H,1-11H2,(H,30,31). The van der Waals surface area contributed by atoms with E-state index >= 15 is 0 Å². The van der Waals surface area contributed by atoms with E-state index in [-0.39, 0.29) is 13.0 Å². The Balaban J connectivity index is 1.64. The van der Waals surface area contributed by atoms with Crippen molar-refractivity contribution in [3.05, 3.63) is 0 Å². The first-order chi connectivity index (χ1) is 21.4. The number of carboxylic acids is 1. The Bertz CT molecular complexity index is 864. The molecule has 15 unspecified atom stereocenters.